The molecule has 0 amide bonds. The van der Waals surface area contributed by atoms with E-state index in [4.69, 9.17) is 5.21 Å². The van der Waals surface area contributed by atoms with Crippen molar-refractivity contribution in [2.75, 3.05) is 6.73 Å². The molecule has 5 heteroatoms. The Morgan fingerprint density at radius 2 is 2.00 bits per heavy atom. The zero-order valence-corrected chi connectivity index (χ0v) is 8.52. The van der Waals surface area contributed by atoms with E-state index in [2.05, 4.69) is 27.1 Å². The van der Waals surface area contributed by atoms with Crippen molar-refractivity contribution in [2.45, 2.75) is 0 Å². The molecule has 0 fully saturated rings. The van der Waals surface area contributed by atoms with Gasteiger partial charge in [-0.15, -0.1) is 0 Å². The molecule has 0 bridgehead atoms. The number of pyridine rings is 1. The van der Waals surface area contributed by atoms with Crippen molar-refractivity contribution in [3.8, 4) is 0 Å². The van der Waals surface area contributed by atoms with Crippen molar-refractivity contribution in [2.24, 2.45) is 5.16 Å². The molecule has 0 aliphatic carbocycles. The highest BCUT2D eigenvalue weighted by Gasteiger charge is 1.97. The van der Waals surface area contributed by atoms with Gasteiger partial charge in [0.25, 0.3) is 0 Å². The first-order chi connectivity index (χ1) is 7.86. The molecule has 2 heterocycles. The van der Waals surface area contributed by atoms with Crippen LogP contribution in [0.1, 0.15) is 0 Å². The van der Waals surface area contributed by atoms with Crippen molar-refractivity contribution in [3.63, 3.8) is 0 Å². The lowest BCUT2D eigenvalue weighted by molar-refractivity contribution is -0.0687. The van der Waals surface area contributed by atoms with Crippen LogP contribution in [0, 0.1) is 0 Å². The van der Waals surface area contributed by atoms with Crippen LogP contribution in [0.5, 0.6) is 0 Å². The van der Waals surface area contributed by atoms with Crippen LogP contribution in [-0.4, -0.2) is 28.3 Å². The van der Waals surface area contributed by atoms with Crippen molar-refractivity contribution in [1.29, 1.82) is 0 Å². The number of hydroxylamine groups is 2. The number of para-hydroxylation sites is 1. The van der Waals surface area contributed by atoms with E-state index < -0.39 is 0 Å². The van der Waals surface area contributed by atoms with Crippen LogP contribution >= 0.6 is 0 Å². The average molecular weight is 217 g/mol. The quantitative estimate of drug-likeness (QED) is 0.731. The number of fused-ring (bicyclic) bond motifs is 1. The monoisotopic (exact) mass is 217 g/mol. The molecule has 1 aliphatic heterocycles. The minimum absolute atomic E-state index is 0.153. The van der Waals surface area contributed by atoms with Gasteiger partial charge in [-0.05, 0) is 12.1 Å². The van der Waals surface area contributed by atoms with Crippen molar-refractivity contribution in [1.82, 2.24) is 10.0 Å². The fourth-order valence-electron chi connectivity index (χ4n) is 1.23. The zero-order chi connectivity index (χ0) is 11.2. The fraction of sp³-hybridized carbons (Fsp3) is 0.0909. The molecule has 0 spiro atoms. The summed E-state index contributed by atoms with van der Waals surface area (Å²) in [6.45, 7) is 0.153. The zero-order valence-electron chi connectivity index (χ0n) is 8.52. The van der Waals surface area contributed by atoms with Gasteiger partial charge >= 0.3 is 0 Å². The first-order valence-electron chi connectivity index (χ1n) is 4.77. The number of aromatic nitrogens is 1. The first kappa shape index (κ1) is 10.4. The lowest BCUT2D eigenvalue weighted by Crippen LogP contribution is -2.11. The minimum atomic E-state index is 0.153. The van der Waals surface area contributed by atoms with Gasteiger partial charge in [-0.25, -0.2) is 5.06 Å². The van der Waals surface area contributed by atoms with E-state index in [-0.39, 0.29) is 6.73 Å². The number of benzene rings is 1. The molecule has 0 saturated carbocycles. The van der Waals surface area contributed by atoms with E-state index in [1.165, 1.54) is 11.7 Å². The molecule has 1 aliphatic rings. The van der Waals surface area contributed by atoms with E-state index in [1.807, 2.05) is 30.5 Å². The Hall–Kier alpha value is -2.14. The minimum Gasteiger partial charge on any atom is -0.370 e. The van der Waals surface area contributed by atoms with E-state index in [1.54, 1.807) is 0 Å². The van der Waals surface area contributed by atoms with Crippen molar-refractivity contribution in [3.05, 3.63) is 42.6 Å². The van der Waals surface area contributed by atoms with Crippen LogP contribution in [0.15, 0.2) is 47.8 Å². The van der Waals surface area contributed by atoms with Gasteiger partial charge in [0.15, 0.2) is 6.34 Å². The highest BCUT2D eigenvalue weighted by Crippen LogP contribution is 2.07. The third-order valence-corrected chi connectivity index (χ3v) is 1.96. The third-order valence-electron chi connectivity index (χ3n) is 1.96. The summed E-state index contributed by atoms with van der Waals surface area (Å²) in [6.07, 6.45) is 3.00. The molecule has 0 radical (unpaired) electrons. The topological polar surface area (TPSA) is 58.0 Å². The van der Waals surface area contributed by atoms with Gasteiger partial charge < -0.3 is 4.84 Å². The highest BCUT2D eigenvalue weighted by atomic mass is 16.7. The van der Waals surface area contributed by atoms with Gasteiger partial charge in [0.1, 0.15) is 0 Å². The summed E-state index contributed by atoms with van der Waals surface area (Å²) < 4.78 is 0. The molecule has 16 heavy (non-hydrogen) atoms. The Morgan fingerprint density at radius 1 is 1.19 bits per heavy atom. The number of hydrogen-bond donors (Lipinski definition) is 1. The maximum atomic E-state index is 8.29. The predicted molar refractivity (Wildman–Crippen MR) is 59.8 cm³/mol. The van der Waals surface area contributed by atoms with Gasteiger partial charge in [-0.2, -0.15) is 0 Å². The summed E-state index contributed by atoms with van der Waals surface area (Å²) in [4.78, 5) is 8.48. The van der Waals surface area contributed by atoms with Gasteiger partial charge in [0.2, 0.25) is 6.73 Å². The molecule has 0 atom stereocenters. The number of nitrogens with zero attached hydrogens (tertiary/aromatic N) is 3. The molecule has 0 saturated heterocycles. The number of rotatable bonds is 0. The molecule has 82 valence electrons. The van der Waals surface area contributed by atoms with Crippen LogP contribution in [0.3, 0.4) is 0 Å². The first-order valence-corrected chi connectivity index (χ1v) is 4.77. The average Bonchev–Trinajstić information content (AvgIpc) is 2.81. The van der Waals surface area contributed by atoms with Gasteiger partial charge in [-0.1, -0.05) is 29.4 Å². The summed E-state index contributed by atoms with van der Waals surface area (Å²) in [5.74, 6) is 0. The SMILES string of the molecule is ON1C=NOC1.c1ccc2ncccc2c1. The number of hydrogen-bond acceptors (Lipinski definition) is 5. The van der Waals surface area contributed by atoms with Crippen LogP contribution < -0.4 is 0 Å². The van der Waals surface area contributed by atoms with Crippen LogP contribution in [-0.2, 0) is 4.84 Å². The summed E-state index contributed by atoms with van der Waals surface area (Å²) in [5.41, 5.74) is 1.06. The Labute approximate surface area is 92.5 Å². The molecule has 3 rings (SSSR count). The van der Waals surface area contributed by atoms with Gasteiger partial charge in [0, 0.05) is 11.6 Å². The lowest BCUT2D eigenvalue weighted by atomic mass is 10.2. The molecular formula is C11H11N3O2. The van der Waals surface area contributed by atoms with Crippen molar-refractivity contribution >= 4 is 17.2 Å². The number of oxime groups is 1. The molecule has 1 aromatic heterocycles. The van der Waals surface area contributed by atoms with E-state index in [0.717, 1.165) is 10.6 Å². The van der Waals surface area contributed by atoms with Gasteiger partial charge in [-0.3, -0.25) is 10.2 Å². The Bertz CT molecular complexity index is 422. The predicted octanol–water partition coefficient (Wildman–Crippen LogP) is 1.84. The van der Waals surface area contributed by atoms with Crippen LogP contribution in [0.2, 0.25) is 0 Å². The Balaban J connectivity index is 0.000000138. The maximum Gasteiger partial charge on any atom is 0.213 e. The van der Waals surface area contributed by atoms with Crippen LogP contribution in [0.25, 0.3) is 10.9 Å². The molecule has 0 unspecified atom stereocenters. The van der Waals surface area contributed by atoms with E-state index in [9.17, 15) is 0 Å². The summed E-state index contributed by atoms with van der Waals surface area (Å²) in [6, 6.07) is 12.1. The maximum absolute atomic E-state index is 8.29. The van der Waals surface area contributed by atoms with E-state index in [0.29, 0.717) is 0 Å². The summed E-state index contributed by atoms with van der Waals surface area (Å²) >= 11 is 0. The highest BCUT2D eigenvalue weighted by molar-refractivity contribution is 5.77. The molecule has 1 N–H and O–H groups in total. The summed E-state index contributed by atoms with van der Waals surface area (Å²) in [5, 5.41) is 13.5. The molecule has 1 aromatic carbocycles. The Kier molecular flexibility index (Phi) is 3.30. The smallest absolute Gasteiger partial charge is 0.213 e. The molecular weight excluding hydrogens is 206 g/mol. The standard InChI is InChI=1S/C9H7N.C2H4N2O2/c1-2-6-9-8(4-1)5-3-7-10-9;5-4-1-3-6-2-4/h1-7H;1,5H,2H2. The lowest BCUT2D eigenvalue weighted by Gasteiger charge is -1.94. The molecule has 2 aromatic rings. The summed E-state index contributed by atoms with van der Waals surface area (Å²) in [7, 11) is 0. The van der Waals surface area contributed by atoms with Crippen LogP contribution in [0.4, 0.5) is 0 Å². The second kappa shape index (κ2) is 5.09. The van der Waals surface area contributed by atoms with Gasteiger partial charge in [0.05, 0.1) is 5.52 Å². The fourth-order valence-corrected chi connectivity index (χ4v) is 1.23. The Morgan fingerprint density at radius 3 is 2.62 bits per heavy atom. The van der Waals surface area contributed by atoms with Crippen molar-refractivity contribution < 1.29 is 10.0 Å². The third kappa shape index (κ3) is 2.68. The van der Waals surface area contributed by atoms with E-state index >= 15 is 0 Å². The second-order valence-corrected chi connectivity index (χ2v) is 3.11. The second-order valence-electron chi connectivity index (χ2n) is 3.11. The largest absolute Gasteiger partial charge is 0.370 e. The normalized spacial score (nSPS) is 13.2. The molecule has 5 nitrogen and oxygen atoms in total.